The molecule has 0 aromatic carbocycles. The van der Waals surface area contributed by atoms with Gasteiger partial charge in [-0.25, -0.2) is 5.43 Å². The van der Waals surface area contributed by atoms with Gasteiger partial charge in [-0.2, -0.15) is 5.10 Å². The Morgan fingerprint density at radius 1 is 1.00 bits per heavy atom. The number of carbonyl (C=O) groups excluding carboxylic acids is 3. The summed E-state index contributed by atoms with van der Waals surface area (Å²) in [4.78, 5) is 38.0. The normalized spacial score (nSPS) is 34.6. The standard InChI is InChI=1S/C20H30N4O3/c1-13(22-23-18(26)19(27)24-4-2-3-5-24)6-17(25)21-20-10-14-7-15(11-20)9-16(8-14)12-20/h14-16H,2-12H2,1H3,(H,21,25)(H,23,26). The molecule has 1 aliphatic heterocycles. The van der Waals surface area contributed by atoms with Gasteiger partial charge in [0.1, 0.15) is 0 Å². The maximum Gasteiger partial charge on any atom is 0.329 e. The molecule has 4 aliphatic carbocycles. The van der Waals surface area contributed by atoms with Gasteiger partial charge in [0.2, 0.25) is 5.91 Å². The third-order valence-corrected chi connectivity index (χ3v) is 6.80. The largest absolute Gasteiger partial charge is 0.350 e. The van der Waals surface area contributed by atoms with Crippen molar-refractivity contribution in [3.8, 4) is 0 Å². The lowest BCUT2D eigenvalue weighted by Gasteiger charge is -2.56. The summed E-state index contributed by atoms with van der Waals surface area (Å²) in [7, 11) is 0. The van der Waals surface area contributed by atoms with Crippen LogP contribution in [0.3, 0.4) is 0 Å². The zero-order valence-electron chi connectivity index (χ0n) is 16.1. The van der Waals surface area contributed by atoms with Crippen molar-refractivity contribution in [2.75, 3.05) is 13.1 Å². The summed E-state index contributed by atoms with van der Waals surface area (Å²) in [6.45, 7) is 2.96. The summed E-state index contributed by atoms with van der Waals surface area (Å²) in [5.41, 5.74) is 2.80. The number of nitrogens with one attached hydrogen (secondary N) is 2. The summed E-state index contributed by atoms with van der Waals surface area (Å²) in [6, 6.07) is 0. The fraction of sp³-hybridized carbons (Fsp3) is 0.800. The van der Waals surface area contributed by atoms with Crippen molar-refractivity contribution < 1.29 is 14.4 Å². The summed E-state index contributed by atoms with van der Waals surface area (Å²) in [5.74, 6) is 1.05. The Kier molecular flexibility index (Phi) is 4.95. The molecule has 5 rings (SSSR count). The first-order valence-corrected chi connectivity index (χ1v) is 10.4. The Bertz CT molecular complexity index is 631. The van der Waals surface area contributed by atoms with Crippen molar-refractivity contribution in [1.29, 1.82) is 0 Å². The lowest BCUT2D eigenvalue weighted by molar-refractivity contribution is -0.145. The van der Waals surface area contributed by atoms with Gasteiger partial charge < -0.3 is 10.2 Å². The molecule has 4 bridgehead atoms. The Morgan fingerprint density at radius 2 is 1.56 bits per heavy atom. The minimum Gasteiger partial charge on any atom is -0.350 e. The van der Waals surface area contributed by atoms with Crippen LogP contribution in [0.4, 0.5) is 0 Å². The molecule has 2 N–H and O–H groups in total. The van der Waals surface area contributed by atoms with E-state index in [2.05, 4.69) is 15.8 Å². The maximum atomic E-state index is 12.5. The van der Waals surface area contributed by atoms with Gasteiger partial charge in [-0.1, -0.05) is 0 Å². The molecule has 0 spiro atoms. The molecule has 7 nitrogen and oxygen atoms in total. The fourth-order valence-electron chi connectivity index (χ4n) is 6.13. The molecular formula is C20H30N4O3. The number of rotatable bonds is 4. The molecule has 0 aromatic rings. The summed E-state index contributed by atoms with van der Waals surface area (Å²) in [5, 5.41) is 7.26. The van der Waals surface area contributed by atoms with Gasteiger partial charge in [-0.3, -0.25) is 14.4 Å². The number of nitrogens with zero attached hydrogens (tertiary/aromatic N) is 2. The summed E-state index contributed by atoms with van der Waals surface area (Å²) < 4.78 is 0. The van der Waals surface area contributed by atoms with Crippen molar-refractivity contribution in [3.05, 3.63) is 0 Å². The molecule has 4 saturated carbocycles. The molecule has 27 heavy (non-hydrogen) atoms. The van der Waals surface area contributed by atoms with Crippen LogP contribution in [0, 0.1) is 17.8 Å². The van der Waals surface area contributed by atoms with Crippen LogP contribution in [0.5, 0.6) is 0 Å². The first kappa shape index (κ1) is 18.4. The molecule has 0 radical (unpaired) electrons. The zero-order chi connectivity index (χ0) is 19.0. The first-order valence-electron chi connectivity index (χ1n) is 10.4. The number of hydrogen-bond acceptors (Lipinski definition) is 4. The van der Waals surface area contributed by atoms with E-state index in [9.17, 15) is 14.4 Å². The van der Waals surface area contributed by atoms with E-state index in [0.717, 1.165) is 49.9 Å². The maximum absolute atomic E-state index is 12.5. The fourth-order valence-corrected chi connectivity index (χ4v) is 6.13. The molecule has 0 aromatic heterocycles. The lowest BCUT2D eigenvalue weighted by atomic mass is 9.53. The summed E-state index contributed by atoms with van der Waals surface area (Å²) in [6.07, 6.45) is 9.38. The number of hydrazone groups is 1. The Hall–Kier alpha value is -1.92. The van der Waals surface area contributed by atoms with E-state index in [4.69, 9.17) is 0 Å². The van der Waals surface area contributed by atoms with Crippen LogP contribution in [0.1, 0.15) is 64.7 Å². The molecular weight excluding hydrogens is 344 g/mol. The average Bonchev–Trinajstić information content (AvgIpc) is 3.11. The summed E-state index contributed by atoms with van der Waals surface area (Å²) >= 11 is 0. The van der Waals surface area contributed by atoms with Crippen LogP contribution in [0.15, 0.2) is 5.10 Å². The molecule has 5 fully saturated rings. The van der Waals surface area contributed by atoms with Gasteiger partial charge in [-0.15, -0.1) is 0 Å². The van der Waals surface area contributed by atoms with Crippen LogP contribution in [0.25, 0.3) is 0 Å². The van der Waals surface area contributed by atoms with Gasteiger partial charge in [0.15, 0.2) is 0 Å². The minimum absolute atomic E-state index is 0.0128. The van der Waals surface area contributed by atoms with Gasteiger partial charge in [0, 0.05) is 24.3 Å². The minimum atomic E-state index is -0.724. The number of hydrogen-bond donors (Lipinski definition) is 2. The highest BCUT2D eigenvalue weighted by atomic mass is 16.2. The van der Waals surface area contributed by atoms with Crippen LogP contribution in [0.2, 0.25) is 0 Å². The third kappa shape index (κ3) is 4.01. The SMILES string of the molecule is CC(CC(=O)NC12CC3CC(CC(C3)C1)C2)=NNC(=O)C(=O)N1CCCC1. The van der Waals surface area contributed by atoms with Crippen molar-refractivity contribution in [2.24, 2.45) is 22.9 Å². The van der Waals surface area contributed by atoms with Crippen molar-refractivity contribution >= 4 is 23.4 Å². The van der Waals surface area contributed by atoms with E-state index in [1.165, 1.54) is 19.3 Å². The Balaban J connectivity index is 1.27. The van der Waals surface area contributed by atoms with Crippen LogP contribution in [-0.2, 0) is 14.4 Å². The predicted octanol–water partition coefficient (Wildman–Crippen LogP) is 1.58. The van der Waals surface area contributed by atoms with Crippen LogP contribution >= 0.6 is 0 Å². The molecule has 1 saturated heterocycles. The highest BCUT2D eigenvalue weighted by Crippen LogP contribution is 2.55. The number of carbonyl (C=O) groups is 3. The van der Waals surface area contributed by atoms with Gasteiger partial charge in [0.05, 0.1) is 6.42 Å². The van der Waals surface area contributed by atoms with Crippen LogP contribution in [-0.4, -0.2) is 47.0 Å². The molecule has 0 unspecified atom stereocenters. The number of likely N-dealkylation sites (tertiary alicyclic amines) is 1. The van der Waals surface area contributed by atoms with Gasteiger partial charge in [0.25, 0.3) is 0 Å². The highest BCUT2D eigenvalue weighted by molar-refractivity contribution is 6.35. The average molecular weight is 374 g/mol. The first-order chi connectivity index (χ1) is 12.9. The number of amides is 3. The second-order valence-corrected chi connectivity index (χ2v) is 9.21. The second kappa shape index (κ2) is 7.24. The monoisotopic (exact) mass is 374 g/mol. The van der Waals surface area contributed by atoms with E-state index in [1.807, 2.05) is 0 Å². The highest BCUT2D eigenvalue weighted by Gasteiger charge is 2.51. The van der Waals surface area contributed by atoms with E-state index < -0.39 is 11.8 Å². The van der Waals surface area contributed by atoms with Gasteiger partial charge in [-0.05, 0) is 76.0 Å². The quantitative estimate of drug-likeness (QED) is 0.445. The van der Waals surface area contributed by atoms with E-state index >= 15 is 0 Å². The van der Waals surface area contributed by atoms with Crippen molar-refractivity contribution in [2.45, 2.75) is 70.3 Å². The van der Waals surface area contributed by atoms with Crippen molar-refractivity contribution in [1.82, 2.24) is 15.6 Å². The molecule has 7 heteroatoms. The van der Waals surface area contributed by atoms with Crippen molar-refractivity contribution in [3.63, 3.8) is 0 Å². The van der Waals surface area contributed by atoms with E-state index in [-0.39, 0.29) is 17.9 Å². The van der Waals surface area contributed by atoms with E-state index in [0.29, 0.717) is 18.8 Å². The molecule has 148 valence electrons. The predicted molar refractivity (Wildman–Crippen MR) is 101 cm³/mol. The Labute approximate surface area is 160 Å². The third-order valence-electron chi connectivity index (χ3n) is 6.80. The Morgan fingerprint density at radius 3 is 2.11 bits per heavy atom. The molecule has 1 heterocycles. The van der Waals surface area contributed by atoms with E-state index in [1.54, 1.807) is 11.8 Å². The molecule has 5 aliphatic rings. The van der Waals surface area contributed by atoms with Crippen LogP contribution < -0.4 is 10.7 Å². The van der Waals surface area contributed by atoms with Gasteiger partial charge >= 0.3 is 11.8 Å². The topological polar surface area (TPSA) is 90.9 Å². The molecule has 3 amide bonds. The molecule has 0 atom stereocenters. The smallest absolute Gasteiger partial charge is 0.329 e. The zero-order valence-corrected chi connectivity index (χ0v) is 16.1. The second-order valence-electron chi connectivity index (χ2n) is 9.21. The lowest BCUT2D eigenvalue weighted by Crippen LogP contribution is -2.60.